The topological polar surface area (TPSA) is 84.0 Å². The first kappa shape index (κ1) is 15.6. The lowest BCUT2D eigenvalue weighted by molar-refractivity contribution is 0.595. The molecule has 0 aliphatic heterocycles. The van der Waals surface area contributed by atoms with Gasteiger partial charge in [-0.25, -0.2) is 8.42 Å². The summed E-state index contributed by atoms with van der Waals surface area (Å²) < 4.78 is 24.8. The first-order valence-corrected chi connectivity index (χ1v) is 8.20. The zero-order valence-corrected chi connectivity index (χ0v) is 13.0. The van der Waals surface area contributed by atoms with Gasteiger partial charge in [0, 0.05) is 10.0 Å². The van der Waals surface area contributed by atoms with E-state index in [1.807, 2.05) is 6.07 Å². The van der Waals surface area contributed by atoms with Crippen molar-refractivity contribution >= 4 is 38.7 Å². The van der Waals surface area contributed by atoms with Gasteiger partial charge >= 0.3 is 0 Å². The van der Waals surface area contributed by atoms with E-state index >= 15 is 0 Å². The molecule has 2 rings (SSSR count). The molecule has 0 bridgehead atoms. The van der Waals surface area contributed by atoms with Gasteiger partial charge in [0.15, 0.2) is 9.84 Å². The fourth-order valence-corrected chi connectivity index (χ4v) is 3.91. The second kappa shape index (κ2) is 5.94. The van der Waals surface area contributed by atoms with Crippen LogP contribution >= 0.6 is 23.2 Å². The maximum atomic E-state index is 12.4. The third-order valence-corrected chi connectivity index (χ3v) is 5.14. The van der Waals surface area contributed by atoms with E-state index in [1.54, 1.807) is 0 Å². The van der Waals surface area contributed by atoms with Crippen molar-refractivity contribution in [3.63, 3.8) is 0 Å². The molecule has 0 radical (unpaired) electrons. The van der Waals surface area contributed by atoms with Crippen LogP contribution in [0.3, 0.4) is 0 Å². The average Bonchev–Trinajstić information content (AvgIpc) is 2.43. The summed E-state index contributed by atoms with van der Waals surface area (Å²) in [4.78, 5) is -0.0320. The highest BCUT2D eigenvalue weighted by Gasteiger charge is 2.20. The van der Waals surface area contributed by atoms with Gasteiger partial charge in [-0.05, 0) is 35.9 Å². The maximum absolute atomic E-state index is 12.4. The van der Waals surface area contributed by atoms with Crippen molar-refractivity contribution in [2.45, 2.75) is 10.6 Å². The van der Waals surface area contributed by atoms with Gasteiger partial charge < -0.3 is 5.73 Å². The number of nitriles is 1. The summed E-state index contributed by atoms with van der Waals surface area (Å²) in [6.45, 7) is 0. The number of nitrogens with zero attached hydrogens (tertiary/aromatic N) is 1. The second-order valence-corrected chi connectivity index (χ2v) is 7.16. The molecule has 0 fully saturated rings. The molecule has 0 spiro atoms. The van der Waals surface area contributed by atoms with Gasteiger partial charge in [-0.15, -0.1) is 0 Å². The highest BCUT2D eigenvalue weighted by atomic mass is 35.5. The van der Waals surface area contributed by atoms with Crippen LogP contribution in [0.15, 0.2) is 41.3 Å². The maximum Gasteiger partial charge on any atom is 0.184 e. The highest BCUT2D eigenvalue weighted by Crippen LogP contribution is 2.28. The lowest BCUT2D eigenvalue weighted by Crippen LogP contribution is -2.08. The van der Waals surface area contributed by atoms with Crippen molar-refractivity contribution < 1.29 is 8.42 Å². The molecule has 0 saturated carbocycles. The number of hydrogen-bond donors (Lipinski definition) is 1. The fraction of sp³-hybridized carbons (Fsp3) is 0.0714. The van der Waals surface area contributed by atoms with Crippen molar-refractivity contribution in [2.24, 2.45) is 0 Å². The normalized spacial score (nSPS) is 11.1. The van der Waals surface area contributed by atoms with E-state index in [1.165, 1.54) is 36.4 Å². The standard InChI is InChI=1S/C14H10Cl2N2O2S/c15-11-3-4-13(18)14(6-11)21(19,20)8-10-2-1-9(7-17)5-12(10)16/h1-6H,8,18H2. The summed E-state index contributed by atoms with van der Waals surface area (Å²) >= 11 is 11.8. The summed E-state index contributed by atoms with van der Waals surface area (Å²) in [5, 5.41) is 9.28. The second-order valence-electron chi connectivity index (χ2n) is 4.36. The molecule has 7 heteroatoms. The van der Waals surface area contributed by atoms with Crippen molar-refractivity contribution in [3.8, 4) is 6.07 Å². The number of sulfone groups is 1. The monoisotopic (exact) mass is 340 g/mol. The zero-order chi connectivity index (χ0) is 15.6. The lowest BCUT2D eigenvalue weighted by atomic mass is 10.2. The van der Waals surface area contributed by atoms with Crippen LogP contribution < -0.4 is 5.73 Å². The lowest BCUT2D eigenvalue weighted by Gasteiger charge is -2.09. The van der Waals surface area contributed by atoms with Gasteiger partial charge in [0.2, 0.25) is 0 Å². The molecule has 0 atom stereocenters. The van der Waals surface area contributed by atoms with Crippen LogP contribution in [0, 0.1) is 11.3 Å². The first-order valence-electron chi connectivity index (χ1n) is 5.80. The Morgan fingerprint density at radius 1 is 1.14 bits per heavy atom. The molecule has 0 unspecified atom stereocenters. The Bertz CT molecular complexity index is 843. The molecular weight excluding hydrogens is 331 g/mol. The number of benzene rings is 2. The molecule has 4 nitrogen and oxygen atoms in total. The van der Waals surface area contributed by atoms with Crippen LogP contribution in [0.2, 0.25) is 10.0 Å². The predicted molar refractivity (Wildman–Crippen MR) is 82.9 cm³/mol. The third-order valence-electron chi connectivity index (χ3n) is 2.84. The van der Waals surface area contributed by atoms with E-state index in [9.17, 15) is 8.42 Å². The van der Waals surface area contributed by atoms with Crippen molar-refractivity contribution in [1.29, 1.82) is 5.26 Å². The van der Waals surface area contributed by atoms with E-state index in [0.717, 1.165) is 0 Å². The highest BCUT2D eigenvalue weighted by molar-refractivity contribution is 7.90. The van der Waals surface area contributed by atoms with Crippen LogP contribution in [0.5, 0.6) is 0 Å². The van der Waals surface area contributed by atoms with Gasteiger partial charge in [0.05, 0.1) is 28.0 Å². The van der Waals surface area contributed by atoms with E-state index in [2.05, 4.69) is 0 Å². The minimum Gasteiger partial charge on any atom is -0.398 e. The van der Waals surface area contributed by atoms with Crippen LogP contribution in [0.1, 0.15) is 11.1 Å². The number of nitrogen functional groups attached to an aromatic ring is 1. The van der Waals surface area contributed by atoms with Crippen LogP contribution in [-0.2, 0) is 15.6 Å². The molecule has 108 valence electrons. The number of anilines is 1. The van der Waals surface area contributed by atoms with Gasteiger partial charge in [0.25, 0.3) is 0 Å². The largest absolute Gasteiger partial charge is 0.398 e. The van der Waals surface area contributed by atoms with Crippen molar-refractivity contribution in [3.05, 3.63) is 57.6 Å². The Balaban J connectivity index is 2.43. The van der Waals surface area contributed by atoms with E-state index in [0.29, 0.717) is 11.1 Å². The zero-order valence-electron chi connectivity index (χ0n) is 10.7. The molecule has 2 N–H and O–H groups in total. The Kier molecular flexibility index (Phi) is 4.43. The Labute approximate surface area is 132 Å². The SMILES string of the molecule is N#Cc1ccc(CS(=O)(=O)c2cc(Cl)ccc2N)c(Cl)c1. The minimum absolute atomic E-state index is 0.0320. The number of nitrogens with two attached hydrogens (primary N) is 1. The molecule has 0 aromatic heterocycles. The molecule has 0 amide bonds. The van der Waals surface area contributed by atoms with Gasteiger partial charge in [-0.3, -0.25) is 0 Å². The van der Waals surface area contributed by atoms with Crippen molar-refractivity contribution in [1.82, 2.24) is 0 Å². The van der Waals surface area contributed by atoms with Gasteiger partial charge in [-0.1, -0.05) is 29.3 Å². The Morgan fingerprint density at radius 2 is 1.86 bits per heavy atom. The summed E-state index contributed by atoms with van der Waals surface area (Å²) in [5.41, 5.74) is 6.59. The first-order chi connectivity index (χ1) is 9.83. The molecule has 2 aromatic rings. The Morgan fingerprint density at radius 3 is 2.48 bits per heavy atom. The summed E-state index contributed by atoms with van der Waals surface area (Å²) in [5.74, 6) is -0.317. The molecule has 2 aromatic carbocycles. The number of rotatable bonds is 3. The van der Waals surface area contributed by atoms with Crippen LogP contribution in [-0.4, -0.2) is 8.42 Å². The van der Waals surface area contributed by atoms with E-state index < -0.39 is 9.84 Å². The molecule has 0 aliphatic rings. The number of halogens is 2. The van der Waals surface area contributed by atoms with E-state index in [-0.39, 0.29) is 26.4 Å². The predicted octanol–water partition coefficient (Wildman–Crippen LogP) is 3.42. The van der Waals surface area contributed by atoms with E-state index in [4.69, 9.17) is 34.2 Å². The number of hydrogen-bond acceptors (Lipinski definition) is 4. The third kappa shape index (κ3) is 3.48. The quantitative estimate of drug-likeness (QED) is 0.867. The average molecular weight is 341 g/mol. The Hall–Kier alpha value is -1.74. The fourth-order valence-electron chi connectivity index (χ4n) is 1.79. The molecule has 0 heterocycles. The summed E-state index contributed by atoms with van der Waals surface area (Å²) in [7, 11) is -3.69. The minimum atomic E-state index is -3.69. The van der Waals surface area contributed by atoms with Gasteiger partial charge in [-0.2, -0.15) is 5.26 Å². The molecular formula is C14H10Cl2N2O2S. The van der Waals surface area contributed by atoms with Crippen molar-refractivity contribution in [2.75, 3.05) is 5.73 Å². The van der Waals surface area contributed by atoms with Crippen LogP contribution in [0.25, 0.3) is 0 Å². The summed E-state index contributed by atoms with van der Waals surface area (Å²) in [6, 6.07) is 10.7. The molecule has 0 saturated heterocycles. The van der Waals surface area contributed by atoms with Crippen LogP contribution in [0.4, 0.5) is 5.69 Å². The molecule has 21 heavy (non-hydrogen) atoms. The summed E-state index contributed by atoms with van der Waals surface area (Å²) in [6.07, 6.45) is 0. The smallest absolute Gasteiger partial charge is 0.184 e. The van der Waals surface area contributed by atoms with Gasteiger partial charge in [0.1, 0.15) is 0 Å². The molecule has 0 aliphatic carbocycles.